The van der Waals surface area contributed by atoms with Gasteiger partial charge in [-0.25, -0.2) is 9.59 Å². The molecule has 2 aliphatic heterocycles. The van der Waals surface area contributed by atoms with Crippen molar-refractivity contribution in [1.29, 1.82) is 0 Å². The second-order valence-electron chi connectivity index (χ2n) is 6.53. The Morgan fingerprint density at radius 2 is 1.75 bits per heavy atom. The predicted molar refractivity (Wildman–Crippen MR) is 67.0 cm³/mol. The molecule has 2 heterocycles. The Morgan fingerprint density at radius 1 is 1.20 bits per heavy atom. The number of fused-ring (bicyclic) bond motifs is 1. The van der Waals surface area contributed by atoms with Crippen molar-refractivity contribution in [2.45, 2.75) is 44.8 Å². The lowest BCUT2D eigenvalue weighted by molar-refractivity contribution is -0.165. The van der Waals surface area contributed by atoms with Gasteiger partial charge in [0.15, 0.2) is 0 Å². The average molecular weight is 285 g/mol. The zero-order valence-electron chi connectivity index (χ0n) is 12.1. The first-order valence-corrected chi connectivity index (χ1v) is 6.39. The third-order valence-corrected chi connectivity index (χ3v) is 3.87. The number of carboxylic acid groups (broad SMARTS) is 1. The van der Waals surface area contributed by atoms with Crippen LogP contribution in [-0.4, -0.2) is 52.8 Å². The molecule has 2 saturated heterocycles. The first kappa shape index (κ1) is 14.6. The zero-order valence-corrected chi connectivity index (χ0v) is 12.1. The summed E-state index contributed by atoms with van der Waals surface area (Å²) in [6.07, 6.45) is -0.508. The summed E-state index contributed by atoms with van der Waals surface area (Å²) in [5.74, 6) is -1.58. The molecule has 7 nitrogen and oxygen atoms in total. The van der Waals surface area contributed by atoms with Gasteiger partial charge in [0.1, 0.15) is 11.1 Å². The summed E-state index contributed by atoms with van der Waals surface area (Å²) in [4.78, 5) is 36.7. The fraction of sp³-hybridized carbons (Fsp3) is 0.769. The van der Waals surface area contributed by atoms with Gasteiger partial charge in [0.2, 0.25) is 0 Å². The largest absolute Gasteiger partial charge is 0.481 e. The van der Waals surface area contributed by atoms with E-state index < -0.39 is 34.6 Å². The van der Waals surface area contributed by atoms with Crippen LogP contribution in [0, 0.1) is 5.41 Å². The molecule has 7 heteroatoms. The van der Waals surface area contributed by atoms with Crippen LogP contribution >= 0.6 is 0 Å². The highest BCUT2D eigenvalue weighted by Gasteiger charge is 2.75. The Morgan fingerprint density at radius 3 is 2.15 bits per heavy atom. The molecule has 0 unspecified atom stereocenters. The van der Waals surface area contributed by atoms with Crippen LogP contribution in [0.4, 0.5) is 4.79 Å². The minimum absolute atomic E-state index is 0.0215. The number of hydrogen-bond donors (Lipinski definition) is 1. The summed E-state index contributed by atoms with van der Waals surface area (Å²) in [5.41, 5.74) is -2.95. The van der Waals surface area contributed by atoms with Gasteiger partial charge in [-0.3, -0.25) is 9.69 Å². The smallest absolute Gasteiger partial charge is 0.411 e. The highest BCUT2D eigenvalue weighted by Crippen LogP contribution is 2.60. The third-order valence-electron chi connectivity index (χ3n) is 3.87. The van der Waals surface area contributed by atoms with Gasteiger partial charge >= 0.3 is 18.0 Å². The predicted octanol–water partition coefficient (Wildman–Crippen LogP) is 1.01. The fourth-order valence-electron chi connectivity index (χ4n) is 3.04. The van der Waals surface area contributed by atoms with E-state index in [0.29, 0.717) is 0 Å². The average Bonchev–Trinajstić information content (AvgIpc) is 2.77. The molecule has 0 aromatic carbocycles. The summed E-state index contributed by atoms with van der Waals surface area (Å²) in [7, 11) is 1.23. The van der Waals surface area contributed by atoms with Gasteiger partial charge in [0, 0.05) is 6.54 Å². The number of hydrogen-bond acceptors (Lipinski definition) is 5. The molecular weight excluding hydrogens is 266 g/mol. The molecule has 2 bridgehead atoms. The van der Waals surface area contributed by atoms with Crippen LogP contribution in [0.5, 0.6) is 0 Å². The van der Waals surface area contributed by atoms with Crippen LogP contribution < -0.4 is 0 Å². The molecular formula is C13H19NO6. The molecule has 1 aliphatic carbocycles. The molecule has 0 aromatic heterocycles. The van der Waals surface area contributed by atoms with E-state index in [1.54, 1.807) is 20.8 Å². The number of nitrogens with zero attached hydrogens (tertiary/aromatic N) is 1. The minimum Gasteiger partial charge on any atom is -0.481 e. The highest BCUT2D eigenvalue weighted by atomic mass is 16.6. The SMILES string of the molecule is COC(=O)C12CC(C(=O)O)(CN1C(=O)OC(C)(C)C)C2. The van der Waals surface area contributed by atoms with E-state index in [1.165, 1.54) is 12.0 Å². The standard InChI is InChI=1S/C13H19NO6/c1-11(2,3)20-10(18)14-7-12(8(15)16)5-13(14,6-12)9(17)19-4/h5-7H2,1-4H3,(H,15,16). The summed E-state index contributed by atoms with van der Waals surface area (Å²) in [6, 6.07) is 0. The fourth-order valence-corrected chi connectivity index (χ4v) is 3.04. The van der Waals surface area contributed by atoms with Gasteiger partial charge < -0.3 is 14.6 Å². The van der Waals surface area contributed by atoms with Crippen LogP contribution in [0.3, 0.4) is 0 Å². The quantitative estimate of drug-likeness (QED) is 0.761. The first-order valence-electron chi connectivity index (χ1n) is 6.39. The van der Waals surface area contributed by atoms with Crippen LogP contribution in [-0.2, 0) is 19.1 Å². The Balaban J connectivity index is 2.26. The molecule has 3 fully saturated rings. The maximum atomic E-state index is 12.2. The van der Waals surface area contributed by atoms with E-state index in [2.05, 4.69) is 0 Å². The molecule has 1 N–H and O–H groups in total. The van der Waals surface area contributed by atoms with Crippen molar-refractivity contribution >= 4 is 18.0 Å². The Kier molecular flexibility index (Phi) is 3.00. The molecule has 0 spiro atoms. The molecule has 1 saturated carbocycles. The number of carbonyl (C=O) groups is 3. The monoisotopic (exact) mass is 285 g/mol. The van der Waals surface area contributed by atoms with Crippen molar-refractivity contribution in [2.75, 3.05) is 13.7 Å². The summed E-state index contributed by atoms with van der Waals surface area (Å²) in [6.45, 7) is 5.11. The number of methoxy groups -OCH3 is 1. The van der Waals surface area contributed by atoms with E-state index in [1.807, 2.05) is 0 Å². The Hall–Kier alpha value is -1.79. The minimum atomic E-state index is -1.19. The molecule has 112 valence electrons. The highest BCUT2D eigenvalue weighted by molar-refractivity contribution is 5.94. The topological polar surface area (TPSA) is 93.1 Å². The molecule has 3 aliphatic rings. The van der Waals surface area contributed by atoms with Gasteiger partial charge in [-0.15, -0.1) is 0 Å². The van der Waals surface area contributed by atoms with Gasteiger partial charge in [0.05, 0.1) is 12.5 Å². The lowest BCUT2D eigenvalue weighted by atomic mass is 9.62. The molecule has 1 amide bonds. The number of ether oxygens (including phenoxy) is 2. The van der Waals surface area contributed by atoms with E-state index in [-0.39, 0.29) is 19.4 Å². The van der Waals surface area contributed by atoms with E-state index in [4.69, 9.17) is 9.47 Å². The molecule has 0 aromatic rings. The summed E-state index contributed by atoms with van der Waals surface area (Å²) in [5, 5.41) is 9.28. The summed E-state index contributed by atoms with van der Waals surface area (Å²) >= 11 is 0. The van der Waals surface area contributed by atoms with Gasteiger partial charge in [0.25, 0.3) is 0 Å². The number of carboxylic acids is 1. The lowest BCUT2D eigenvalue weighted by Gasteiger charge is -2.42. The zero-order chi connectivity index (χ0) is 15.3. The first-order chi connectivity index (χ1) is 9.06. The van der Waals surface area contributed by atoms with E-state index in [9.17, 15) is 19.5 Å². The molecule has 0 atom stereocenters. The number of amides is 1. The Bertz CT molecular complexity index is 472. The number of esters is 1. The second kappa shape index (κ2) is 4.10. The molecule has 0 radical (unpaired) electrons. The number of carbonyl (C=O) groups excluding carboxylic acids is 2. The number of rotatable bonds is 2. The van der Waals surface area contributed by atoms with Crippen molar-refractivity contribution in [2.24, 2.45) is 5.41 Å². The normalized spacial score (nSPS) is 31.5. The van der Waals surface area contributed by atoms with Crippen molar-refractivity contribution in [3.63, 3.8) is 0 Å². The third kappa shape index (κ3) is 1.92. The van der Waals surface area contributed by atoms with Crippen molar-refractivity contribution in [1.82, 2.24) is 4.90 Å². The molecule has 3 rings (SSSR count). The van der Waals surface area contributed by atoms with Crippen molar-refractivity contribution < 1.29 is 29.0 Å². The van der Waals surface area contributed by atoms with Crippen LogP contribution in [0.1, 0.15) is 33.6 Å². The maximum absolute atomic E-state index is 12.2. The lowest BCUT2D eigenvalue weighted by Crippen LogP contribution is -2.59. The van der Waals surface area contributed by atoms with Crippen LogP contribution in [0.2, 0.25) is 0 Å². The number of aliphatic carboxylic acids is 1. The summed E-state index contributed by atoms with van der Waals surface area (Å²) < 4.78 is 9.98. The van der Waals surface area contributed by atoms with Gasteiger partial charge in [-0.1, -0.05) is 0 Å². The van der Waals surface area contributed by atoms with Crippen LogP contribution in [0.25, 0.3) is 0 Å². The maximum Gasteiger partial charge on any atom is 0.411 e. The second-order valence-corrected chi connectivity index (χ2v) is 6.53. The van der Waals surface area contributed by atoms with Crippen molar-refractivity contribution in [3.05, 3.63) is 0 Å². The van der Waals surface area contributed by atoms with E-state index in [0.717, 1.165) is 0 Å². The van der Waals surface area contributed by atoms with E-state index >= 15 is 0 Å². The Labute approximate surface area is 116 Å². The van der Waals surface area contributed by atoms with Gasteiger partial charge in [-0.05, 0) is 33.6 Å². The van der Waals surface area contributed by atoms with Crippen LogP contribution in [0.15, 0.2) is 0 Å². The molecule has 20 heavy (non-hydrogen) atoms. The van der Waals surface area contributed by atoms with Crippen molar-refractivity contribution in [3.8, 4) is 0 Å². The van der Waals surface area contributed by atoms with Gasteiger partial charge in [-0.2, -0.15) is 0 Å².